The molecule has 2 rings (SSSR count). The van der Waals surface area contributed by atoms with Crippen molar-refractivity contribution in [2.45, 2.75) is 36.5 Å². The van der Waals surface area contributed by atoms with E-state index in [-0.39, 0.29) is 0 Å². The number of rotatable bonds is 3. The van der Waals surface area contributed by atoms with Crippen LogP contribution < -0.4 is 0 Å². The molecule has 0 aliphatic heterocycles. The quantitative estimate of drug-likeness (QED) is 0.924. The van der Waals surface area contributed by atoms with Crippen molar-refractivity contribution in [3.63, 3.8) is 0 Å². The molecule has 0 aromatic heterocycles. The van der Waals surface area contributed by atoms with Gasteiger partial charge in [-0.25, -0.2) is 8.42 Å². The normalized spacial score (nSPS) is 28.5. The maximum Gasteiger partial charge on any atom is 0.153 e. The molecule has 2 atom stereocenters. The first kappa shape index (κ1) is 14.0. The largest absolute Gasteiger partial charge is 0.388 e. The van der Waals surface area contributed by atoms with Crippen LogP contribution in [0.2, 0.25) is 0 Å². The summed E-state index contributed by atoms with van der Waals surface area (Å²) in [6.07, 6.45) is 3.49. The second-order valence-corrected chi connectivity index (χ2v) is 8.26. The third-order valence-electron chi connectivity index (χ3n) is 3.59. The van der Waals surface area contributed by atoms with Crippen LogP contribution in [0, 0.1) is 0 Å². The smallest absolute Gasteiger partial charge is 0.153 e. The zero-order chi connectivity index (χ0) is 13.4. The van der Waals surface area contributed by atoms with Crippen LogP contribution in [0.25, 0.3) is 0 Å². The molecule has 2 unspecified atom stereocenters. The van der Waals surface area contributed by atoms with Crippen LogP contribution in [-0.2, 0) is 16.3 Å². The minimum absolute atomic E-state index is 0.393. The van der Waals surface area contributed by atoms with E-state index in [9.17, 15) is 13.5 Å². The van der Waals surface area contributed by atoms with E-state index in [4.69, 9.17) is 0 Å². The van der Waals surface area contributed by atoms with E-state index in [0.717, 1.165) is 16.5 Å². The fourth-order valence-electron chi connectivity index (χ4n) is 2.84. The van der Waals surface area contributed by atoms with E-state index < -0.39 is 20.7 Å². The summed E-state index contributed by atoms with van der Waals surface area (Å²) in [7, 11) is -3.20. The Balaban J connectivity index is 2.26. The molecule has 0 heterocycles. The van der Waals surface area contributed by atoms with Crippen molar-refractivity contribution in [2.24, 2.45) is 0 Å². The van der Waals surface area contributed by atoms with Gasteiger partial charge in [0.05, 0.1) is 10.9 Å². The summed E-state index contributed by atoms with van der Waals surface area (Å²) in [6.45, 7) is 0. The van der Waals surface area contributed by atoms with E-state index in [1.54, 1.807) is 0 Å². The van der Waals surface area contributed by atoms with Gasteiger partial charge in [-0.1, -0.05) is 28.1 Å². The first-order chi connectivity index (χ1) is 8.31. The Morgan fingerprint density at radius 1 is 1.50 bits per heavy atom. The summed E-state index contributed by atoms with van der Waals surface area (Å²) in [6, 6.07) is 7.65. The van der Waals surface area contributed by atoms with E-state index in [2.05, 4.69) is 15.9 Å². The van der Waals surface area contributed by atoms with Crippen LogP contribution in [-0.4, -0.2) is 30.6 Å². The number of sulfone groups is 1. The minimum atomic E-state index is -3.20. The van der Waals surface area contributed by atoms with Crippen LogP contribution >= 0.6 is 15.9 Å². The topological polar surface area (TPSA) is 54.4 Å². The zero-order valence-corrected chi connectivity index (χ0v) is 12.7. The van der Waals surface area contributed by atoms with Crippen LogP contribution in [0.3, 0.4) is 0 Å². The standard InChI is InChI=1S/C13H17BrO3S/c1-18(16,17)12-6-3-7-13(12,15)9-10-4-2-5-11(14)8-10/h2,4-5,8,12,15H,3,6-7,9H2,1H3. The molecule has 0 radical (unpaired) electrons. The molecule has 1 aliphatic carbocycles. The number of hydrogen-bond donors (Lipinski definition) is 1. The molecule has 1 N–H and O–H groups in total. The third-order valence-corrected chi connectivity index (χ3v) is 5.79. The van der Waals surface area contributed by atoms with Gasteiger partial charge in [-0.05, 0) is 37.0 Å². The van der Waals surface area contributed by atoms with Crippen LogP contribution in [0.5, 0.6) is 0 Å². The van der Waals surface area contributed by atoms with Gasteiger partial charge in [0.1, 0.15) is 0 Å². The van der Waals surface area contributed by atoms with Crippen molar-refractivity contribution in [1.82, 2.24) is 0 Å². The predicted octanol–water partition coefficient (Wildman–Crippen LogP) is 2.32. The van der Waals surface area contributed by atoms with Gasteiger partial charge in [0.2, 0.25) is 0 Å². The summed E-state index contributed by atoms with van der Waals surface area (Å²) >= 11 is 3.38. The molecule has 0 spiro atoms. The molecule has 1 fully saturated rings. The molecule has 1 aliphatic rings. The van der Waals surface area contributed by atoms with Gasteiger partial charge in [0.25, 0.3) is 0 Å². The Labute approximate surface area is 116 Å². The Kier molecular flexibility index (Phi) is 3.85. The van der Waals surface area contributed by atoms with E-state index in [0.29, 0.717) is 19.3 Å². The first-order valence-corrected chi connectivity index (χ1v) is 8.72. The van der Waals surface area contributed by atoms with Gasteiger partial charge in [0.15, 0.2) is 9.84 Å². The molecule has 100 valence electrons. The highest BCUT2D eigenvalue weighted by molar-refractivity contribution is 9.10. The SMILES string of the molecule is CS(=O)(=O)C1CCCC1(O)Cc1cccc(Br)c1. The highest BCUT2D eigenvalue weighted by atomic mass is 79.9. The van der Waals surface area contributed by atoms with Crippen molar-refractivity contribution in [3.05, 3.63) is 34.3 Å². The van der Waals surface area contributed by atoms with Crippen LogP contribution in [0.4, 0.5) is 0 Å². The van der Waals surface area contributed by atoms with E-state index >= 15 is 0 Å². The van der Waals surface area contributed by atoms with Crippen LogP contribution in [0.15, 0.2) is 28.7 Å². The van der Waals surface area contributed by atoms with Gasteiger partial charge in [-0.3, -0.25) is 0 Å². The summed E-state index contributed by atoms with van der Waals surface area (Å²) in [5, 5.41) is 10.0. The Morgan fingerprint density at radius 3 is 2.83 bits per heavy atom. The molecule has 18 heavy (non-hydrogen) atoms. The highest BCUT2D eigenvalue weighted by Gasteiger charge is 2.46. The Hall–Kier alpha value is -0.390. The number of aliphatic hydroxyl groups is 1. The fourth-order valence-corrected chi connectivity index (χ4v) is 4.88. The van der Waals surface area contributed by atoms with Crippen molar-refractivity contribution >= 4 is 25.8 Å². The zero-order valence-electron chi connectivity index (χ0n) is 10.3. The summed E-state index contributed by atoms with van der Waals surface area (Å²) in [5.41, 5.74) is -0.156. The fraction of sp³-hybridized carbons (Fsp3) is 0.538. The molecule has 0 amide bonds. The minimum Gasteiger partial charge on any atom is -0.388 e. The first-order valence-electron chi connectivity index (χ1n) is 5.97. The van der Waals surface area contributed by atoms with Crippen molar-refractivity contribution in [2.75, 3.05) is 6.26 Å². The van der Waals surface area contributed by atoms with Crippen LogP contribution in [0.1, 0.15) is 24.8 Å². The molecular weight excluding hydrogens is 316 g/mol. The van der Waals surface area contributed by atoms with Crippen molar-refractivity contribution < 1.29 is 13.5 Å². The Morgan fingerprint density at radius 2 is 2.22 bits per heavy atom. The molecular formula is C13H17BrO3S. The van der Waals surface area contributed by atoms with E-state index in [1.807, 2.05) is 24.3 Å². The van der Waals surface area contributed by atoms with E-state index in [1.165, 1.54) is 6.26 Å². The molecule has 3 nitrogen and oxygen atoms in total. The summed E-state index contributed by atoms with van der Waals surface area (Å²) < 4.78 is 24.4. The average molecular weight is 333 g/mol. The molecule has 5 heteroatoms. The van der Waals surface area contributed by atoms with Crippen molar-refractivity contribution in [3.8, 4) is 0 Å². The highest BCUT2D eigenvalue weighted by Crippen LogP contribution is 2.37. The molecule has 1 aromatic carbocycles. The second-order valence-electron chi connectivity index (χ2n) is 5.12. The van der Waals surface area contributed by atoms with Gasteiger partial charge < -0.3 is 5.11 Å². The van der Waals surface area contributed by atoms with Gasteiger partial charge in [0, 0.05) is 17.1 Å². The monoisotopic (exact) mass is 332 g/mol. The molecule has 1 saturated carbocycles. The molecule has 0 bridgehead atoms. The van der Waals surface area contributed by atoms with Crippen molar-refractivity contribution in [1.29, 1.82) is 0 Å². The summed E-state index contributed by atoms with van der Waals surface area (Å²) in [4.78, 5) is 0. The molecule has 0 saturated heterocycles. The Bertz CT molecular complexity index is 541. The number of halogens is 1. The lowest BCUT2D eigenvalue weighted by Gasteiger charge is -2.29. The maximum absolute atomic E-state index is 11.7. The summed E-state index contributed by atoms with van der Waals surface area (Å²) in [5.74, 6) is 0. The predicted molar refractivity (Wildman–Crippen MR) is 75.3 cm³/mol. The number of benzene rings is 1. The third kappa shape index (κ3) is 2.95. The van der Waals surface area contributed by atoms with Gasteiger partial charge >= 0.3 is 0 Å². The number of hydrogen-bond acceptors (Lipinski definition) is 3. The average Bonchev–Trinajstić information content (AvgIpc) is 2.59. The maximum atomic E-state index is 11.7. The lowest BCUT2D eigenvalue weighted by molar-refractivity contribution is 0.0512. The lowest BCUT2D eigenvalue weighted by atomic mass is 9.93. The lowest BCUT2D eigenvalue weighted by Crippen LogP contribution is -2.44. The van der Waals surface area contributed by atoms with Gasteiger partial charge in [-0.15, -0.1) is 0 Å². The second kappa shape index (κ2) is 4.94. The van der Waals surface area contributed by atoms with Gasteiger partial charge in [-0.2, -0.15) is 0 Å². The molecule has 1 aromatic rings.